The van der Waals surface area contributed by atoms with Crippen LogP contribution in [0.25, 0.3) is 117 Å². The predicted molar refractivity (Wildman–Crippen MR) is 366 cm³/mol. The second-order valence-electron chi connectivity index (χ2n) is 22.3. The SMILES string of the molecule is CC1=C(C(=O)c2nc(-c3cc(-c4ccccc4)cc(-c4ccccc4)c3)nc(-c3cc(-c4ccccc4)cc(-c4ccccc4)c3)n2)NC(c2cc(-c3ccccc3)cc(-c3ccccc3)c2)=N/C(c2cc(-c3ccccc3)cc(-c3ccccc3)c2)=C/C1. The molecule has 1 N–H and O–H groups in total. The molecule has 12 aromatic carbocycles. The Kier molecular flexibility index (Phi) is 15.5. The summed E-state index contributed by atoms with van der Waals surface area (Å²) in [4.78, 5) is 38.0. The van der Waals surface area contributed by atoms with Crippen molar-refractivity contribution in [2.24, 2.45) is 4.99 Å². The number of Topliss-reactive ketones (excluding diaryl/α,β-unsaturated/α-hetero) is 1. The molecule has 0 saturated carbocycles. The molecule has 6 nitrogen and oxygen atoms in total. The molecule has 0 unspecified atom stereocenters. The van der Waals surface area contributed by atoms with Crippen molar-refractivity contribution in [2.45, 2.75) is 13.3 Å². The van der Waals surface area contributed by atoms with Gasteiger partial charge in [0.25, 0.3) is 0 Å². The standard InChI is InChI=1S/C83H59N5O/c1-56-42-43-77(73-48-65(57-26-10-2-11-27-57)44-66(49-73)58-28-12-3-13-29-58)84-80(74-50-67(59-30-14-4-15-31-59)45-68(51-74)60-32-16-5-17-33-60)85-78(56)79(89)83-87-81(75-52-69(61-34-18-6-19-35-61)46-70(53-75)62-36-20-7-21-37-62)86-82(88-83)76-54-71(63-38-22-8-23-39-63)47-72(55-76)64-40-24-9-25-41-64/h2-41,43-55H,42H2,1H3,(H,84,85)/b77-43+,78-56?. The van der Waals surface area contributed by atoms with Gasteiger partial charge in [-0.1, -0.05) is 249 Å². The Morgan fingerprint density at radius 1 is 0.292 bits per heavy atom. The van der Waals surface area contributed by atoms with Crippen LogP contribution in [-0.2, 0) is 0 Å². The Balaban J connectivity index is 0.983. The number of nitrogens with one attached hydrogen (secondary N) is 1. The third-order valence-corrected chi connectivity index (χ3v) is 16.2. The van der Waals surface area contributed by atoms with Gasteiger partial charge >= 0.3 is 0 Å². The number of hydrogen-bond donors (Lipinski definition) is 1. The van der Waals surface area contributed by atoms with Gasteiger partial charge in [-0.3, -0.25) is 4.79 Å². The topological polar surface area (TPSA) is 80.1 Å². The van der Waals surface area contributed by atoms with Crippen molar-refractivity contribution >= 4 is 17.3 Å². The van der Waals surface area contributed by atoms with Crippen LogP contribution in [0.1, 0.15) is 35.1 Å². The molecule has 0 fully saturated rings. The lowest BCUT2D eigenvalue weighted by Gasteiger charge is -2.21. The summed E-state index contributed by atoms with van der Waals surface area (Å²) in [7, 11) is 0. The maximum Gasteiger partial charge on any atom is 0.246 e. The fourth-order valence-electron chi connectivity index (χ4n) is 11.6. The molecule has 6 heteroatoms. The van der Waals surface area contributed by atoms with Crippen molar-refractivity contribution in [3.63, 3.8) is 0 Å². The number of benzene rings is 12. The number of carbonyl (C=O) groups is 1. The highest BCUT2D eigenvalue weighted by Gasteiger charge is 2.27. The van der Waals surface area contributed by atoms with Crippen LogP contribution >= 0.6 is 0 Å². The zero-order valence-corrected chi connectivity index (χ0v) is 49.0. The normalized spacial score (nSPS) is 12.9. The van der Waals surface area contributed by atoms with E-state index in [-0.39, 0.29) is 5.82 Å². The summed E-state index contributed by atoms with van der Waals surface area (Å²) in [5, 5.41) is 3.75. The summed E-state index contributed by atoms with van der Waals surface area (Å²) in [6.45, 7) is 2.01. The molecule has 0 bridgehead atoms. The first-order valence-corrected chi connectivity index (χ1v) is 30.0. The van der Waals surface area contributed by atoms with Crippen LogP contribution in [0.5, 0.6) is 0 Å². The molecule has 0 atom stereocenters. The first-order valence-electron chi connectivity index (χ1n) is 30.0. The molecule has 0 aliphatic carbocycles. The van der Waals surface area contributed by atoms with Gasteiger partial charge in [0.15, 0.2) is 11.6 Å². The first-order chi connectivity index (χ1) is 43.9. The number of allylic oxidation sites excluding steroid dienone is 3. The maximum absolute atomic E-state index is 16.4. The Bertz CT molecular complexity index is 4420. The molecule has 2 heterocycles. The highest BCUT2D eigenvalue weighted by molar-refractivity contribution is 6.13. The third kappa shape index (κ3) is 12.3. The van der Waals surface area contributed by atoms with E-state index in [2.05, 4.69) is 230 Å². The smallest absolute Gasteiger partial charge is 0.246 e. The number of nitrogens with zero attached hydrogens (tertiary/aromatic N) is 4. The Labute approximate surface area is 519 Å². The molecule has 1 aliphatic heterocycles. The van der Waals surface area contributed by atoms with E-state index in [1.165, 1.54) is 0 Å². The lowest BCUT2D eigenvalue weighted by atomic mass is 9.93. The molecule has 89 heavy (non-hydrogen) atoms. The molecule has 0 amide bonds. The van der Waals surface area contributed by atoms with E-state index < -0.39 is 5.78 Å². The summed E-state index contributed by atoms with van der Waals surface area (Å²) in [6.07, 6.45) is 2.53. The Morgan fingerprint density at radius 3 is 0.820 bits per heavy atom. The zero-order valence-electron chi connectivity index (χ0n) is 49.0. The van der Waals surface area contributed by atoms with Gasteiger partial charge in [0.05, 0.1) is 11.4 Å². The number of ketones is 1. The molecule has 1 aliphatic rings. The van der Waals surface area contributed by atoms with E-state index in [0.29, 0.717) is 29.6 Å². The fraction of sp³-hybridized carbons (Fsp3) is 0.0241. The number of aromatic nitrogens is 3. The highest BCUT2D eigenvalue weighted by Crippen LogP contribution is 2.38. The summed E-state index contributed by atoms with van der Waals surface area (Å²) >= 11 is 0. The lowest BCUT2D eigenvalue weighted by Crippen LogP contribution is -2.31. The molecule has 422 valence electrons. The van der Waals surface area contributed by atoms with Crippen molar-refractivity contribution in [3.8, 4) is 112 Å². The van der Waals surface area contributed by atoms with Crippen molar-refractivity contribution < 1.29 is 4.79 Å². The third-order valence-electron chi connectivity index (χ3n) is 16.2. The van der Waals surface area contributed by atoms with E-state index in [0.717, 1.165) is 123 Å². The van der Waals surface area contributed by atoms with E-state index in [9.17, 15) is 0 Å². The second-order valence-corrected chi connectivity index (χ2v) is 22.3. The highest BCUT2D eigenvalue weighted by atomic mass is 16.1. The van der Waals surface area contributed by atoms with Crippen molar-refractivity contribution in [3.05, 3.63) is 350 Å². The van der Waals surface area contributed by atoms with Crippen LogP contribution in [-0.4, -0.2) is 26.6 Å². The van der Waals surface area contributed by atoms with Crippen molar-refractivity contribution in [2.75, 3.05) is 0 Å². The van der Waals surface area contributed by atoms with E-state index >= 15 is 4.79 Å². The van der Waals surface area contributed by atoms with Crippen LogP contribution < -0.4 is 5.32 Å². The molecule has 0 saturated heterocycles. The van der Waals surface area contributed by atoms with Crippen LogP contribution in [0.15, 0.2) is 338 Å². The molecule has 13 aromatic rings. The molecule has 14 rings (SSSR count). The average Bonchev–Trinajstić information content (AvgIpc) is 2.89. The van der Waals surface area contributed by atoms with Crippen molar-refractivity contribution in [1.29, 1.82) is 0 Å². The number of hydrogen-bond acceptors (Lipinski definition) is 6. The average molecular weight is 1140 g/mol. The quantitative estimate of drug-likeness (QED) is 0.110. The van der Waals surface area contributed by atoms with Crippen LogP contribution in [0.4, 0.5) is 0 Å². The molecular formula is C83H59N5O. The van der Waals surface area contributed by atoms with E-state index in [1.807, 2.05) is 104 Å². The van der Waals surface area contributed by atoms with Gasteiger partial charge in [-0.15, -0.1) is 0 Å². The number of rotatable bonds is 14. The van der Waals surface area contributed by atoms with Crippen LogP contribution in [0, 0.1) is 0 Å². The van der Waals surface area contributed by atoms with Gasteiger partial charge in [-0.05, 0) is 181 Å². The summed E-state index contributed by atoms with van der Waals surface area (Å²) in [6, 6.07) is 109. The van der Waals surface area contributed by atoms with Gasteiger partial charge < -0.3 is 5.32 Å². The predicted octanol–water partition coefficient (Wildman–Crippen LogP) is 20.5. The number of aliphatic imine (C=N–C) groups is 1. The monoisotopic (exact) mass is 1140 g/mol. The molecule has 0 radical (unpaired) electrons. The first kappa shape index (κ1) is 55.2. The maximum atomic E-state index is 16.4. The summed E-state index contributed by atoms with van der Waals surface area (Å²) < 4.78 is 0. The Hall–Kier alpha value is -11.7. The molecular weight excluding hydrogens is 1080 g/mol. The van der Waals surface area contributed by atoms with E-state index in [1.54, 1.807) is 0 Å². The zero-order chi connectivity index (χ0) is 59.9. The molecule has 0 spiro atoms. The number of carbonyl (C=O) groups excluding carboxylic acids is 1. The van der Waals surface area contributed by atoms with E-state index in [4.69, 9.17) is 19.9 Å². The van der Waals surface area contributed by atoms with Crippen molar-refractivity contribution in [1.82, 2.24) is 20.3 Å². The number of amidine groups is 1. The summed E-state index contributed by atoms with van der Waals surface area (Å²) in [5.74, 6) is 0.785. The van der Waals surface area contributed by atoms with Gasteiger partial charge in [0.2, 0.25) is 11.6 Å². The largest absolute Gasteiger partial charge is 0.336 e. The van der Waals surface area contributed by atoms with Gasteiger partial charge in [-0.25, -0.2) is 19.9 Å². The van der Waals surface area contributed by atoms with Crippen LogP contribution in [0.3, 0.4) is 0 Å². The Morgan fingerprint density at radius 2 is 0.539 bits per heavy atom. The minimum absolute atomic E-state index is 0.0141. The fourth-order valence-corrected chi connectivity index (χ4v) is 11.6. The van der Waals surface area contributed by atoms with Gasteiger partial charge in [0, 0.05) is 22.3 Å². The minimum atomic E-state index is -0.401. The van der Waals surface area contributed by atoms with Gasteiger partial charge in [0.1, 0.15) is 5.84 Å². The van der Waals surface area contributed by atoms with Gasteiger partial charge in [-0.2, -0.15) is 0 Å². The molecule has 1 aromatic heterocycles. The lowest BCUT2D eigenvalue weighted by molar-refractivity contribution is 0.101. The minimum Gasteiger partial charge on any atom is -0.336 e. The summed E-state index contributed by atoms with van der Waals surface area (Å²) in [5.41, 5.74) is 21.5. The second kappa shape index (κ2) is 25.1. The van der Waals surface area contributed by atoms with Crippen LogP contribution in [0.2, 0.25) is 0 Å².